The summed E-state index contributed by atoms with van der Waals surface area (Å²) in [5, 5.41) is 2.89. The largest absolute Gasteiger partial charge is 0.367 e. The molecule has 0 bridgehead atoms. The molecule has 0 aliphatic carbocycles. The molecule has 1 aromatic heterocycles. The Labute approximate surface area is 129 Å². The van der Waals surface area contributed by atoms with Crippen LogP contribution in [0.1, 0.15) is 31.2 Å². The van der Waals surface area contributed by atoms with Crippen molar-refractivity contribution in [2.75, 3.05) is 6.61 Å². The van der Waals surface area contributed by atoms with Crippen LogP contribution in [0.5, 0.6) is 0 Å². The quantitative estimate of drug-likeness (QED) is 0.860. The topological polar surface area (TPSA) is 39.2 Å². The first-order valence-corrected chi connectivity index (χ1v) is 8.22. The van der Waals surface area contributed by atoms with Gasteiger partial charge in [-0.2, -0.15) is 0 Å². The number of hydrogen-bond acceptors (Lipinski definition) is 4. The fourth-order valence-electron chi connectivity index (χ4n) is 2.61. The predicted molar refractivity (Wildman–Crippen MR) is 84.5 cm³/mol. The first kappa shape index (κ1) is 14.4. The Morgan fingerprint density at radius 1 is 1.33 bits per heavy atom. The van der Waals surface area contributed by atoms with Crippen molar-refractivity contribution >= 4 is 17.1 Å². The standard InChI is InChI=1S/C17H19NO2S/c1-17(9-5-6-10-20-17)15(19)11-16-18-14(12-21-16)13-7-3-2-4-8-13/h2-4,7-8,12H,5-6,9-11H2,1H3. The molecule has 0 N–H and O–H groups in total. The Balaban J connectivity index is 1.71. The Hall–Kier alpha value is -1.52. The lowest BCUT2D eigenvalue weighted by Gasteiger charge is -2.32. The molecule has 1 fully saturated rings. The lowest BCUT2D eigenvalue weighted by atomic mass is 9.90. The van der Waals surface area contributed by atoms with Gasteiger partial charge in [-0.15, -0.1) is 11.3 Å². The van der Waals surface area contributed by atoms with Gasteiger partial charge in [0.2, 0.25) is 0 Å². The zero-order valence-corrected chi connectivity index (χ0v) is 13.0. The Morgan fingerprint density at radius 2 is 2.14 bits per heavy atom. The van der Waals surface area contributed by atoms with Gasteiger partial charge in [-0.1, -0.05) is 30.3 Å². The number of Topliss-reactive ketones (excluding diaryl/α,β-unsaturated/α-hetero) is 1. The number of aromatic nitrogens is 1. The van der Waals surface area contributed by atoms with E-state index in [9.17, 15) is 4.79 Å². The van der Waals surface area contributed by atoms with Gasteiger partial charge in [-0.25, -0.2) is 4.98 Å². The third-order valence-electron chi connectivity index (χ3n) is 3.99. The van der Waals surface area contributed by atoms with Crippen molar-refractivity contribution in [3.8, 4) is 11.3 Å². The van der Waals surface area contributed by atoms with Crippen LogP contribution in [0.4, 0.5) is 0 Å². The highest BCUT2D eigenvalue weighted by atomic mass is 32.1. The van der Waals surface area contributed by atoms with E-state index >= 15 is 0 Å². The molecule has 21 heavy (non-hydrogen) atoms. The molecule has 1 atom stereocenters. The van der Waals surface area contributed by atoms with Crippen LogP contribution in [-0.4, -0.2) is 23.0 Å². The first-order chi connectivity index (χ1) is 10.2. The van der Waals surface area contributed by atoms with Crippen LogP contribution in [0.2, 0.25) is 0 Å². The van der Waals surface area contributed by atoms with Gasteiger partial charge in [-0.3, -0.25) is 4.79 Å². The molecule has 0 amide bonds. The SMILES string of the molecule is CC1(C(=O)Cc2nc(-c3ccccc3)cs2)CCCCO1. The molecule has 1 saturated heterocycles. The lowest BCUT2D eigenvalue weighted by molar-refractivity contribution is -0.147. The first-order valence-electron chi connectivity index (χ1n) is 7.34. The van der Waals surface area contributed by atoms with Gasteiger partial charge in [-0.05, 0) is 26.2 Å². The average Bonchev–Trinajstić information content (AvgIpc) is 2.97. The molecule has 1 aliphatic heterocycles. The van der Waals surface area contributed by atoms with E-state index in [1.165, 1.54) is 0 Å². The number of thiazole rings is 1. The molecule has 0 saturated carbocycles. The summed E-state index contributed by atoms with van der Waals surface area (Å²) in [6.07, 6.45) is 3.31. The van der Waals surface area contributed by atoms with Gasteiger partial charge < -0.3 is 4.74 Å². The van der Waals surface area contributed by atoms with Crippen LogP contribution in [0.25, 0.3) is 11.3 Å². The zero-order chi connectivity index (χ0) is 14.7. The van der Waals surface area contributed by atoms with Crippen molar-refractivity contribution in [1.82, 2.24) is 4.98 Å². The molecule has 1 unspecified atom stereocenters. The van der Waals surface area contributed by atoms with Crippen LogP contribution < -0.4 is 0 Å². The van der Waals surface area contributed by atoms with E-state index in [1.807, 2.05) is 42.6 Å². The van der Waals surface area contributed by atoms with Crippen molar-refractivity contribution < 1.29 is 9.53 Å². The molecule has 2 aromatic rings. The van der Waals surface area contributed by atoms with E-state index in [0.29, 0.717) is 13.0 Å². The van der Waals surface area contributed by atoms with E-state index in [-0.39, 0.29) is 5.78 Å². The second-order valence-corrected chi connectivity index (χ2v) is 6.57. The minimum absolute atomic E-state index is 0.149. The number of rotatable bonds is 4. The van der Waals surface area contributed by atoms with E-state index in [1.54, 1.807) is 11.3 Å². The van der Waals surface area contributed by atoms with Gasteiger partial charge in [0, 0.05) is 17.6 Å². The molecule has 0 radical (unpaired) electrons. The normalized spacial score (nSPS) is 22.1. The monoisotopic (exact) mass is 301 g/mol. The van der Waals surface area contributed by atoms with Crippen molar-refractivity contribution in [2.24, 2.45) is 0 Å². The van der Waals surface area contributed by atoms with Crippen LogP contribution >= 0.6 is 11.3 Å². The number of ketones is 1. The number of ether oxygens (including phenoxy) is 1. The maximum Gasteiger partial charge on any atom is 0.171 e. The smallest absolute Gasteiger partial charge is 0.171 e. The molecule has 1 aromatic carbocycles. The van der Waals surface area contributed by atoms with Crippen molar-refractivity contribution in [3.63, 3.8) is 0 Å². The summed E-state index contributed by atoms with van der Waals surface area (Å²) in [7, 11) is 0. The second kappa shape index (κ2) is 6.08. The Bertz CT molecular complexity index is 615. The minimum Gasteiger partial charge on any atom is -0.367 e. The predicted octanol–water partition coefficient (Wildman–Crippen LogP) is 3.88. The molecule has 1 aliphatic rings. The van der Waals surface area contributed by atoms with E-state index in [2.05, 4.69) is 4.98 Å². The summed E-state index contributed by atoms with van der Waals surface area (Å²) in [5.41, 5.74) is 1.42. The highest BCUT2D eigenvalue weighted by Gasteiger charge is 2.35. The van der Waals surface area contributed by atoms with Crippen molar-refractivity contribution in [2.45, 2.75) is 38.2 Å². The average molecular weight is 301 g/mol. The van der Waals surface area contributed by atoms with Gasteiger partial charge in [0.1, 0.15) is 10.6 Å². The fraction of sp³-hybridized carbons (Fsp3) is 0.412. The minimum atomic E-state index is -0.614. The summed E-state index contributed by atoms with van der Waals surface area (Å²) in [5.74, 6) is 0.149. The molecular formula is C17H19NO2S. The number of benzene rings is 1. The number of carbonyl (C=O) groups is 1. The van der Waals surface area contributed by atoms with Crippen LogP contribution in [0.15, 0.2) is 35.7 Å². The summed E-state index contributed by atoms with van der Waals surface area (Å²) >= 11 is 1.55. The number of nitrogens with zero attached hydrogens (tertiary/aromatic N) is 1. The third-order valence-corrected chi connectivity index (χ3v) is 4.84. The Morgan fingerprint density at radius 3 is 2.86 bits per heavy atom. The maximum absolute atomic E-state index is 12.5. The molecule has 3 rings (SSSR count). The lowest BCUT2D eigenvalue weighted by Crippen LogP contribution is -2.42. The summed E-state index contributed by atoms with van der Waals surface area (Å²) < 4.78 is 5.72. The maximum atomic E-state index is 12.5. The van der Waals surface area contributed by atoms with E-state index in [4.69, 9.17) is 4.74 Å². The number of hydrogen-bond donors (Lipinski definition) is 0. The van der Waals surface area contributed by atoms with Crippen molar-refractivity contribution in [3.05, 3.63) is 40.7 Å². The molecule has 4 heteroatoms. The molecular weight excluding hydrogens is 282 g/mol. The zero-order valence-electron chi connectivity index (χ0n) is 12.2. The highest BCUT2D eigenvalue weighted by molar-refractivity contribution is 7.10. The highest BCUT2D eigenvalue weighted by Crippen LogP contribution is 2.28. The molecule has 110 valence electrons. The summed E-state index contributed by atoms with van der Waals surface area (Å²) in [6, 6.07) is 10.0. The van der Waals surface area contributed by atoms with Gasteiger partial charge in [0.25, 0.3) is 0 Å². The van der Waals surface area contributed by atoms with E-state index < -0.39 is 5.60 Å². The Kier molecular flexibility index (Phi) is 4.17. The molecule has 0 spiro atoms. The van der Waals surface area contributed by atoms with Crippen LogP contribution in [-0.2, 0) is 16.0 Å². The summed E-state index contributed by atoms with van der Waals surface area (Å²) in [4.78, 5) is 17.1. The van der Waals surface area contributed by atoms with Gasteiger partial charge in [0.05, 0.1) is 12.1 Å². The van der Waals surface area contributed by atoms with Crippen LogP contribution in [0, 0.1) is 0 Å². The van der Waals surface area contributed by atoms with Gasteiger partial charge >= 0.3 is 0 Å². The third kappa shape index (κ3) is 3.22. The fourth-order valence-corrected chi connectivity index (χ4v) is 3.41. The second-order valence-electron chi connectivity index (χ2n) is 5.63. The van der Waals surface area contributed by atoms with Crippen LogP contribution in [0.3, 0.4) is 0 Å². The number of carbonyl (C=O) groups excluding carboxylic acids is 1. The molecule has 3 nitrogen and oxygen atoms in total. The van der Waals surface area contributed by atoms with E-state index in [0.717, 1.165) is 35.5 Å². The van der Waals surface area contributed by atoms with Gasteiger partial charge in [0.15, 0.2) is 5.78 Å². The van der Waals surface area contributed by atoms with Crippen molar-refractivity contribution in [1.29, 1.82) is 0 Å². The molecule has 2 heterocycles. The summed E-state index contributed by atoms with van der Waals surface area (Å²) in [6.45, 7) is 2.61.